The van der Waals surface area contributed by atoms with Crippen LogP contribution in [-0.4, -0.2) is 27.3 Å². The highest BCUT2D eigenvalue weighted by Gasteiger charge is 2.13. The summed E-state index contributed by atoms with van der Waals surface area (Å²) in [6, 6.07) is 3.15. The number of aliphatic hydroxyl groups is 1. The van der Waals surface area contributed by atoms with Crippen LogP contribution < -0.4 is 5.73 Å². The third-order valence-corrected chi connectivity index (χ3v) is 1.56. The summed E-state index contributed by atoms with van der Waals surface area (Å²) in [4.78, 5) is 14.0. The number of nitrogen functional groups attached to an aromatic ring is 1. The first kappa shape index (κ1) is 9.47. The van der Waals surface area contributed by atoms with Crippen LogP contribution >= 0.6 is 0 Å². The molecule has 1 aromatic rings. The van der Waals surface area contributed by atoms with Crippen molar-refractivity contribution in [2.75, 3.05) is 5.73 Å². The third-order valence-electron chi connectivity index (χ3n) is 1.56. The highest BCUT2D eigenvalue weighted by atomic mass is 16.4. The Hall–Kier alpha value is -1.62. The molecule has 70 valence electrons. The van der Waals surface area contributed by atoms with E-state index in [1.807, 2.05) is 0 Å². The SMILES string of the molecule is Nc1cc(CC(O)C(=O)O)ccn1. The summed E-state index contributed by atoms with van der Waals surface area (Å²) < 4.78 is 0. The van der Waals surface area contributed by atoms with Crippen molar-refractivity contribution in [1.82, 2.24) is 4.98 Å². The molecule has 0 saturated carbocycles. The topological polar surface area (TPSA) is 96.4 Å². The summed E-state index contributed by atoms with van der Waals surface area (Å²) in [5.41, 5.74) is 6.03. The van der Waals surface area contributed by atoms with E-state index < -0.39 is 12.1 Å². The van der Waals surface area contributed by atoms with E-state index >= 15 is 0 Å². The average molecular weight is 182 g/mol. The molecule has 0 amide bonds. The lowest BCUT2D eigenvalue weighted by Gasteiger charge is -2.04. The number of hydrogen-bond acceptors (Lipinski definition) is 4. The van der Waals surface area contributed by atoms with E-state index in [1.54, 1.807) is 6.07 Å². The van der Waals surface area contributed by atoms with Crippen LogP contribution in [0.5, 0.6) is 0 Å². The molecular weight excluding hydrogens is 172 g/mol. The van der Waals surface area contributed by atoms with Gasteiger partial charge in [-0.15, -0.1) is 0 Å². The van der Waals surface area contributed by atoms with Crippen LogP contribution in [0.15, 0.2) is 18.3 Å². The lowest BCUT2D eigenvalue weighted by atomic mass is 10.1. The Morgan fingerprint density at radius 3 is 2.92 bits per heavy atom. The van der Waals surface area contributed by atoms with Gasteiger partial charge in [-0.2, -0.15) is 0 Å². The van der Waals surface area contributed by atoms with Gasteiger partial charge in [0.1, 0.15) is 5.82 Å². The number of anilines is 1. The number of carboxylic acids is 1. The number of rotatable bonds is 3. The summed E-state index contributed by atoms with van der Waals surface area (Å²) >= 11 is 0. The first-order valence-corrected chi connectivity index (χ1v) is 3.71. The summed E-state index contributed by atoms with van der Waals surface area (Å²) in [5, 5.41) is 17.4. The van der Waals surface area contributed by atoms with Crippen molar-refractivity contribution in [1.29, 1.82) is 0 Å². The van der Waals surface area contributed by atoms with Gasteiger partial charge >= 0.3 is 5.97 Å². The molecule has 0 bridgehead atoms. The van der Waals surface area contributed by atoms with E-state index in [2.05, 4.69) is 4.98 Å². The normalized spacial score (nSPS) is 12.4. The molecule has 1 unspecified atom stereocenters. The van der Waals surface area contributed by atoms with E-state index in [4.69, 9.17) is 15.9 Å². The van der Waals surface area contributed by atoms with Gasteiger partial charge in [0.05, 0.1) is 0 Å². The summed E-state index contributed by atoms with van der Waals surface area (Å²) in [7, 11) is 0. The lowest BCUT2D eigenvalue weighted by molar-refractivity contribution is -0.146. The Balaban J connectivity index is 2.69. The van der Waals surface area contributed by atoms with E-state index in [1.165, 1.54) is 12.3 Å². The van der Waals surface area contributed by atoms with Crippen LogP contribution in [0.2, 0.25) is 0 Å². The van der Waals surface area contributed by atoms with Gasteiger partial charge in [0, 0.05) is 12.6 Å². The molecule has 4 N–H and O–H groups in total. The Labute approximate surface area is 74.8 Å². The number of carboxylic acid groups (broad SMARTS) is 1. The minimum absolute atomic E-state index is 0.0437. The molecule has 0 aliphatic rings. The van der Waals surface area contributed by atoms with Crippen LogP contribution in [0.25, 0.3) is 0 Å². The van der Waals surface area contributed by atoms with Crippen LogP contribution in [0.3, 0.4) is 0 Å². The third kappa shape index (κ3) is 2.72. The number of aromatic nitrogens is 1. The Kier molecular flexibility index (Phi) is 2.81. The molecule has 0 radical (unpaired) electrons. The molecule has 13 heavy (non-hydrogen) atoms. The van der Waals surface area contributed by atoms with Crippen LogP contribution in [0, 0.1) is 0 Å². The standard InChI is InChI=1S/C8H10N2O3/c9-7-4-5(1-2-10-7)3-6(11)8(12)13/h1-2,4,6,11H,3H2,(H2,9,10)(H,12,13). The monoisotopic (exact) mass is 182 g/mol. The Morgan fingerprint density at radius 1 is 1.69 bits per heavy atom. The lowest BCUT2D eigenvalue weighted by Crippen LogP contribution is -2.22. The molecule has 1 aromatic heterocycles. The van der Waals surface area contributed by atoms with Gasteiger partial charge in [-0.3, -0.25) is 0 Å². The molecule has 0 aliphatic carbocycles. The molecule has 0 aromatic carbocycles. The zero-order valence-corrected chi connectivity index (χ0v) is 6.84. The van der Waals surface area contributed by atoms with Crippen LogP contribution in [0.4, 0.5) is 5.82 Å². The Bertz CT molecular complexity index is 314. The van der Waals surface area contributed by atoms with Gasteiger partial charge in [-0.05, 0) is 17.7 Å². The fraction of sp³-hybridized carbons (Fsp3) is 0.250. The minimum Gasteiger partial charge on any atom is -0.479 e. The maximum atomic E-state index is 10.3. The molecule has 5 heteroatoms. The number of nitrogens with zero attached hydrogens (tertiary/aromatic N) is 1. The van der Waals surface area contributed by atoms with Crippen molar-refractivity contribution < 1.29 is 15.0 Å². The molecule has 0 fully saturated rings. The van der Waals surface area contributed by atoms with E-state index in [0.717, 1.165) is 0 Å². The van der Waals surface area contributed by atoms with E-state index in [9.17, 15) is 4.79 Å². The van der Waals surface area contributed by atoms with Gasteiger partial charge in [-0.25, -0.2) is 9.78 Å². The van der Waals surface area contributed by atoms with Gasteiger partial charge in [-0.1, -0.05) is 0 Å². The number of carbonyl (C=O) groups is 1. The largest absolute Gasteiger partial charge is 0.479 e. The second-order valence-corrected chi connectivity index (χ2v) is 2.65. The molecule has 1 heterocycles. The first-order chi connectivity index (χ1) is 6.09. The van der Waals surface area contributed by atoms with Crippen molar-refractivity contribution in [3.05, 3.63) is 23.9 Å². The molecule has 5 nitrogen and oxygen atoms in total. The second kappa shape index (κ2) is 3.86. The summed E-state index contributed by atoms with van der Waals surface area (Å²) in [5.74, 6) is -0.925. The van der Waals surface area contributed by atoms with Crippen LogP contribution in [0.1, 0.15) is 5.56 Å². The number of pyridine rings is 1. The Morgan fingerprint density at radius 2 is 2.38 bits per heavy atom. The summed E-state index contributed by atoms with van der Waals surface area (Å²) in [6.45, 7) is 0. The van der Waals surface area contributed by atoms with E-state index in [0.29, 0.717) is 11.4 Å². The molecular formula is C8H10N2O3. The molecule has 0 saturated heterocycles. The smallest absolute Gasteiger partial charge is 0.332 e. The van der Waals surface area contributed by atoms with E-state index in [-0.39, 0.29) is 6.42 Å². The molecule has 1 atom stereocenters. The van der Waals surface area contributed by atoms with Gasteiger partial charge in [0.2, 0.25) is 0 Å². The quantitative estimate of drug-likeness (QED) is 0.593. The average Bonchev–Trinajstić information content (AvgIpc) is 2.04. The maximum absolute atomic E-state index is 10.3. The highest BCUT2D eigenvalue weighted by molar-refractivity contribution is 5.72. The number of aliphatic carboxylic acids is 1. The number of aliphatic hydroxyl groups excluding tert-OH is 1. The van der Waals surface area contributed by atoms with Crippen molar-refractivity contribution in [2.45, 2.75) is 12.5 Å². The van der Waals surface area contributed by atoms with Crippen molar-refractivity contribution in [3.63, 3.8) is 0 Å². The van der Waals surface area contributed by atoms with Gasteiger partial charge in [0.25, 0.3) is 0 Å². The fourth-order valence-electron chi connectivity index (χ4n) is 0.932. The number of hydrogen-bond donors (Lipinski definition) is 3. The highest BCUT2D eigenvalue weighted by Crippen LogP contribution is 2.06. The van der Waals surface area contributed by atoms with Gasteiger partial charge in [0.15, 0.2) is 6.10 Å². The predicted molar refractivity (Wildman–Crippen MR) is 46.0 cm³/mol. The van der Waals surface area contributed by atoms with Crippen LogP contribution in [-0.2, 0) is 11.2 Å². The first-order valence-electron chi connectivity index (χ1n) is 3.71. The number of nitrogens with two attached hydrogens (primary N) is 1. The minimum atomic E-state index is -1.39. The zero-order chi connectivity index (χ0) is 9.84. The fourth-order valence-corrected chi connectivity index (χ4v) is 0.932. The maximum Gasteiger partial charge on any atom is 0.332 e. The zero-order valence-electron chi connectivity index (χ0n) is 6.84. The second-order valence-electron chi connectivity index (χ2n) is 2.65. The summed E-state index contributed by atoms with van der Waals surface area (Å²) in [6.07, 6.45) is 0.128. The van der Waals surface area contributed by atoms with Crippen molar-refractivity contribution in [2.24, 2.45) is 0 Å². The predicted octanol–water partition coefficient (Wildman–Crippen LogP) is -0.348. The molecule has 1 rings (SSSR count). The molecule has 0 spiro atoms. The van der Waals surface area contributed by atoms with Crippen molar-refractivity contribution in [3.8, 4) is 0 Å². The van der Waals surface area contributed by atoms with Crippen molar-refractivity contribution >= 4 is 11.8 Å². The molecule has 0 aliphatic heterocycles. The van der Waals surface area contributed by atoms with Gasteiger partial charge < -0.3 is 15.9 Å².